The van der Waals surface area contributed by atoms with Crippen LogP contribution in [0.3, 0.4) is 0 Å². The molecule has 0 spiro atoms. The molecule has 10 nitrogen and oxygen atoms in total. The van der Waals surface area contributed by atoms with Crippen molar-refractivity contribution in [1.29, 1.82) is 0 Å². The van der Waals surface area contributed by atoms with Crippen LogP contribution >= 0.6 is 0 Å². The third-order valence-corrected chi connectivity index (χ3v) is 7.77. The quantitative estimate of drug-likeness (QED) is 0.213. The number of furan rings is 2. The van der Waals surface area contributed by atoms with Crippen molar-refractivity contribution in [2.75, 3.05) is 13.2 Å². The van der Waals surface area contributed by atoms with Gasteiger partial charge in [0, 0.05) is 33.7 Å². The van der Waals surface area contributed by atoms with E-state index in [1.54, 1.807) is 24.7 Å². The second-order valence-electron chi connectivity index (χ2n) is 11.5. The fourth-order valence-electron chi connectivity index (χ4n) is 5.43. The summed E-state index contributed by atoms with van der Waals surface area (Å²) >= 11 is 0. The molecule has 0 saturated carbocycles. The molecular formula is C32H28O10. The van der Waals surface area contributed by atoms with Gasteiger partial charge in [0.15, 0.2) is 22.3 Å². The average molecular weight is 573 g/mol. The van der Waals surface area contributed by atoms with Crippen molar-refractivity contribution in [3.8, 4) is 11.5 Å². The van der Waals surface area contributed by atoms with E-state index in [-0.39, 0.29) is 13.2 Å². The van der Waals surface area contributed by atoms with Gasteiger partial charge in [-0.05, 0) is 64.1 Å². The van der Waals surface area contributed by atoms with E-state index in [0.29, 0.717) is 44.6 Å². The maximum Gasteiger partial charge on any atom is 0.336 e. The molecular weight excluding hydrogens is 544 g/mol. The number of fused-ring (bicyclic) bond motifs is 4. The molecule has 2 atom stereocenters. The van der Waals surface area contributed by atoms with Gasteiger partial charge < -0.3 is 36.6 Å². The topological polar surface area (TPSA) is 124 Å². The first kappa shape index (κ1) is 26.4. The van der Waals surface area contributed by atoms with Crippen LogP contribution in [-0.4, -0.2) is 36.6 Å². The first-order chi connectivity index (χ1) is 20.1. The Morgan fingerprint density at radius 3 is 1.43 bits per heavy atom. The molecule has 0 radical (unpaired) electrons. The molecule has 7 rings (SSSR count). The van der Waals surface area contributed by atoms with Crippen molar-refractivity contribution in [3.63, 3.8) is 0 Å². The maximum absolute atomic E-state index is 12.0. The van der Waals surface area contributed by atoms with Crippen molar-refractivity contribution in [2.45, 2.75) is 51.1 Å². The molecule has 1 fully saturated rings. The zero-order valence-electron chi connectivity index (χ0n) is 23.4. The summed E-state index contributed by atoms with van der Waals surface area (Å²) in [5, 5.41) is 3.06. The lowest BCUT2D eigenvalue weighted by Gasteiger charge is -2.50. The van der Waals surface area contributed by atoms with Gasteiger partial charge in [-0.25, -0.2) is 9.59 Å². The molecule has 0 N–H and O–H groups in total. The lowest BCUT2D eigenvalue weighted by molar-refractivity contribution is -0.298. The Kier molecular flexibility index (Phi) is 5.96. The van der Waals surface area contributed by atoms with Gasteiger partial charge in [-0.3, -0.25) is 0 Å². The van der Waals surface area contributed by atoms with E-state index in [1.807, 2.05) is 52.0 Å². The van der Waals surface area contributed by atoms with Gasteiger partial charge >= 0.3 is 11.3 Å². The zero-order chi connectivity index (χ0) is 29.2. The fraction of sp³-hybridized carbons (Fsp3) is 0.312. The lowest BCUT2D eigenvalue weighted by Crippen LogP contribution is -2.62. The first-order valence-corrected chi connectivity index (χ1v) is 13.6. The highest BCUT2D eigenvalue weighted by molar-refractivity contribution is 6.00. The van der Waals surface area contributed by atoms with E-state index in [1.165, 1.54) is 12.1 Å². The number of benzene rings is 2. The highest BCUT2D eigenvalue weighted by Gasteiger charge is 2.49. The fourth-order valence-corrected chi connectivity index (χ4v) is 5.43. The van der Waals surface area contributed by atoms with Crippen LogP contribution in [0, 0.1) is 0 Å². The minimum atomic E-state index is -0.803. The Morgan fingerprint density at radius 2 is 1.00 bits per heavy atom. The molecule has 1 aliphatic rings. The highest BCUT2D eigenvalue weighted by Crippen LogP contribution is 2.40. The second kappa shape index (κ2) is 9.50. The molecule has 6 aromatic rings. The molecule has 5 heterocycles. The van der Waals surface area contributed by atoms with E-state index in [2.05, 4.69) is 0 Å². The van der Waals surface area contributed by atoms with Crippen LogP contribution in [0.2, 0.25) is 0 Å². The van der Waals surface area contributed by atoms with Gasteiger partial charge in [0.2, 0.25) is 11.5 Å². The van der Waals surface area contributed by atoms with E-state index in [4.69, 9.17) is 36.6 Å². The molecule has 4 aromatic heterocycles. The summed E-state index contributed by atoms with van der Waals surface area (Å²) in [6, 6.07) is 13.5. The minimum Gasteiger partial charge on any atom is -0.483 e. The molecule has 42 heavy (non-hydrogen) atoms. The van der Waals surface area contributed by atoms with Gasteiger partial charge in [0.1, 0.15) is 25.4 Å². The zero-order valence-corrected chi connectivity index (χ0v) is 23.4. The summed E-state index contributed by atoms with van der Waals surface area (Å²) in [6.45, 7) is 7.85. The van der Waals surface area contributed by atoms with E-state index < -0.39 is 34.7 Å². The Balaban J connectivity index is 1.14. The largest absolute Gasteiger partial charge is 0.483 e. The van der Waals surface area contributed by atoms with Crippen LogP contribution in [0.1, 0.15) is 27.7 Å². The summed E-state index contributed by atoms with van der Waals surface area (Å²) in [7, 11) is 0. The van der Waals surface area contributed by atoms with Gasteiger partial charge in [0.25, 0.3) is 0 Å². The summed E-state index contributed by atoms with van der Waals surface area (Å²) in [6.07, 6.45) is 2.10. The van der Waals surface area contributed by atoms with Crippen molar-refractivity contribution in [2.24, 2.45) is 0 Å². The summed E-state index contributed by atoms with van der Waals surface area (Å²) in [5.74, 6) is 0.653. The number of ether oxygens (including phenoxy) is 4. The number of hydrogen-bond donors (Lipinski definition) is 0. The van der Waals surface area contributed by atoms with Crippen LogP contribution in [0.4, 0.5) is 0 Å². The van der Waals surface area contributed by atoms with E-state index in [0.717, 1.165) is 10.8 Å². The number of hydrogen-bond acceptors (Lipinski definition) is 10. The monoisotopic (exact) mass is 572 g/mol. The van der Waals surface area contributed by atoms with Crippen molar-refractivity contribution < 1.29 is 36.6 Å². The maximum atomic E-state index is 12.0. The Hall–Kier alpha value is -4.54. The smallest absolute Gasteiger partial charge is 0.336 e. The van der Waals surface area contributed by atoms with Crippen LogP contribution in [0.5, 0.6) is 11.5 Å². The molecule has 0 bridgehead atoms. The van der Waals surface area contributed by atoms with Crippen LogP contribution < -0.4 is 20.7 Å². The van der Waals surface area contributed by atoms with Crippen LogP contribution in [-0.2, 0) is 9.47 Å². The average Bonchev–Trinajstić information content (AvgIpc) is 3.61. The third-order valence-electron chi connectivity index (χ3n) is 7.77. The van der Waals surface area contributed by atoms with Crippen LogP contribution in [0.15, 0.2) is 88.3 Å². The first-order valence-electron chi connectivity index (χ1n) is 13.6. The van der Waals surface area contributed by atoms with Crippen molar-refractivity contribution in [3.05, 3.63) is 81.9 Å². The molecule has 0 amide bonds. The third kappa shape index (κ3) is 4.43. The highest BCUT2D eigenvalue weighted by atomic mass is 16.6. The van der Waals surface area contributed by atoms with Crippen molar-refractivity contribution >= 4 is 43.9 Å². The van der Waals surface area contributed by atoms with Gasteiger partial charge in [-0.1, -0.05) is 0 Å². The molecule has 1 aliphatic heterocycles. The Morgan fingerprint density at radius 1 is 0.595 bits per heavy atom. The van der Waals surface area contributed by atoms with E-state index >= 15 is 0 Å². The molecule has 1 saturated heterocycles. The lowest BCUT2D eigenvalue weighted by atomic mass is 9.92. The standard InChI is InChI=1S/C32H28O10/c1-31(2)21(15-37-29-25-19(9-11-35-25)13-17-5-7-23(33)39-27(17)29)42-32(3,4)22(41-31)16-38-30-26-20(10-12-36-26)14-18-6-8-24(34)40-28(18)30/h5-14,21-22H,15-16H2,1-4H3/t21-,22-/m1/s1. The van der Waals surface area contributed by atoms with E-state index in [9.17, 15) is 9.59 Å². The van der Waals surface area contributed by atoms with Crippen molar-refractivity contribution in [1.82, 2.24) is 0 Å². The molecule has 10 heteroatoms. The normalized spacial score (nSPS) is 20.0. The molecule has 0 aliphatic carbocycles. The minimum absolute atomic E-state index is 0.0963. The Labute approximate surface area is 238 Å². The summed E-state index contributed by atoms with van der Waals surface area (Å²) < 4.78 is 48.0. The molecule has 2 aromatic carbocycles. The predicted octanol–water partition coefficient (Wildman–Crippen LogP) is 6.19. The Bertz CT molecular complexity index is 1920. The predicted molar refractivity (Wildman–Crippen MR) is 153 cm³/mol. The summed E-state index contributed by atoms with van der Waals surface area (Å²) in [4.78, 5) is 24.0. The van der Waals surface area contributed by atoms with Gasteiger partial charge in [-0.15, -0.1) is 0 Å². The SMILES string of the molecule is CC1(C)O[C@H](COc2c3occc3cc3ccc(=O)oc23)C(C)(C)O[C@@H]1COc1c2occc2cc2ccc(=O)oc12. The second-order valence-corrected chi connectivity index (χ2v) is 11.5. The van der Waals surface area contributed by atoms with Gasteiger partial charge in [-0.2, -0.15) is 0 Å². The van der Waals surface area contributed by atoms with Gasteiger partial charge in [0.05, 0.1) is 23.7 Å². The van der Waals surface area contributed by atoms with Crippen LogP contribution in [0.25, 0.3) is 43.9 Å². The summed E-state index contributed by atoms with van der Waals surface area (Å²) in [5.41, 5.74) is -1.03. The molecule has 216 valence electrons. The number of rotatable bonds is 6. The molecule has 0 unspecified atom stereocenters.